The summed E-state index contributed by atoms with van der Waals surface area (Å²) in [6.07, 6.45) is -1.35. The lowest BCUT2D eigenvalue weighted by Gasteiger charge is -2.26. The molecule has 0 aromatic heterocycles. The van der Waals surface area contributed by atoms with Gasteiger partial charge in [-0.1, -0.05) is 50.1 Å². The van der Waals surface area contributed by atoms with Gasteiger partial charge in [-0.15, -0.1) is 13.2 Å². The standard InChI is InChI=1S/C21H22F4O3/c1-13-2-4-14(5-3-13)15-6-8-16(9-7-15)20(28-26)17-10-11-19(18(22)12-17)27-21(23,24)25/h6-14,20,26H,2-5H2,1H3. The summed E-state index contributed by atoms with van der Waals surface area (Å²) in [7, 11) is 0. The van der Waals surface area contributed by atoms with Gasteiger partial charge in [-0.2, -0.15) is 0 Å². The van der Waals surface area contributed by atoms with E-state index in [4.69, 9.17) is 0 Å². The molecule has 1 fully saturated rings. The zero-order valence-electron chi connectivity index (χ0n) is 15.4. The highest BCUT2D eigenvalue weighted by Gasteiger charge is 2.32. The lowest BCUT2D eigenvalue weighted by atomic mass is 9.79. The van der Waals surface area contributed by atoms with E-state index in [1.54, 1.807) is 12.1 Å². The predicted octanol–water partition coefficient (Wildman–Crippen LogP) is 6.60. The molecule has 152 valence electrons. The van der Waals surface area contributed by atoms with E-state index < -0.39 is 24.0 Å². The molecule has 3 rings (SSSR count). The number of hydrogen-bond donors (Lipinski definition) is 1. The second kappa shape index (κ2) is 8.49. The quantitative estimate of drug-likeness (QED) is 0.350. The van der Waals surface area contributed by atoms with Crippen LogP contribution in [-0.4, -0.2) is 11.6 Å². The Labute approximate surface area is 160 Å². The molecule has 1 aliphatic rings. The number of hydrogen-bond acceptors (Lipinski definition) is 3. The summed E-state index contributed by atoms with van der Waals surface area (Å²) in [5.74, 6) is -0.878. The van der Waals surface area contributed by atoms with Gasteiger partial charge in [0.2, 0.25) is 0 Å². The highest BCUT2D eigenvalue weighted by molar-refractivity contribution is 5.37. The van der Waals surface area contributed by atoms with Crippen LogP contribution in [-0.2, 0) is 4.89 Å². The van der Waals surface area contributed by atoms with E-state index in [9.17, 15) is 22.8 Å². The van der Waals surface area contributed by atoms with Crippen LogP contribution < -0.4 is 4.74 Å². The number of halogens is 4. The van der Waals surface area contributed by atoms with E-state index in [1.807, 2.05) is 12.1 Å². The normalized spacial score (nSPS) is 21.4. The van der Waals surface area contributed by atoms with Crippen LogP contribution in [0.4, 0.5) is 17.6 Å². The predicted molar refractivity (Wildman–Crippen MR) is 95.5 cm³/mol. The molecule has 0 bridgehead atoms. The largest absolute Gasteiger partial charge is 0.573 e. The van der Waals surface area contributed by atoms with Crippen LogP contribution in [0, 0.1) is 11.7 Å². The van der Waals surface area contributed by atoms with Gasteiger partial charge in [0, 0.05) is 0 Å². The second-order valence-corrected chi connectivity index (χ2v) is 7.35. The Balaban J connectivity index is 1.77. The molecule has 1 saturated carbocycles. The first kappa shape index (κ1) is 20.6. The summed E-state index contributed by atoms with van der Waals surface area (Å²) in [5.41, 5.74) is 1.94. The van der Waals surface area contributed by atoms with Gasteiger partial charge in [0.25, 0.3) is 0 Å². The molecule has 2 aromatic carbocycles. The minimum Gasteiger partial charge on any atom is -0.403 e. The van der Waals surface area contributed by atoms with Crippen molar-refractivity contribution in [1.29, 1.82) is 0 Å². The minimum absolute atomic E-state index is 0.175. The minimum atomic E-state index is -4.98. The summed E-state index contributed by atoms with van der Waals surface area (Å²) in [6.45, 7) is 2.26. The van der Waals surface area contributed by atoms with Crippen molar-refractivity contribution < 1.29 is 32.4 Å². The van der Waals surface area contributed by atoms with Crippen LogP contribution in [0.15, 0.2) is 42.5 Å². The number of benzene rings is 2. The maximum absolute atomic E-state index is 14.0. The van der Waals surface area contributed by atoms with Crippen molar-refractivity contribution >= 4 is 0 Å². The van der Waals surface area contributed by atoms with Gasteiger partial charge in [0.1, 0.15) is 6.10 Å². The SMILES string of the molecule is CC1CCC(c2ccc(C(OO)c3ccc(OC(F)(F)F)c(F)c3)cc2)CC1. The summed E-state index contributed by atoms with van der Waals surface area (Å²) in [6, 6.07) is 10.4. The molecular weight excluding hydrogens is 376 g/mol. The van der Waals surface area contributed by atoms with Gasteiger partial charge in [-0.3, -0.25) is 5.26 Å². The number of ether oxygens (including phenoxy) is 1. The zero-order valence-corrected chi connectivity index (χ0v) is 15.4. The first-order valence-corrected chi connectivity index (χ1v) is 9.22. The lowest BCUT2D eigenvalue weighted by molar-refractivity contribution is -0.275. The molecule has 0 aliphatic heterocycles. The smallest absolute Gasteiger partial charge is 0.403 e. The van der Waals surface area contributed by atoms with Gasteiger partial charge in [0.05, 0.1) is 0 Å². The van der Waals surface area contributed by atoms with Crippen LogP contribution in [0.2, 0.25) is 0 Å². The average Bonchev–Trinajstić information content (AvgIpc) is 2.65. The molecule has 28 heavy (non-hydrogen) atoms. The summed E-state index contributed by atoms with van der Waals surface area (Å²) in [4.78, 5) is 4.49. The molecule has 7 heteroatoms. The third-order valence-corrected chi connectivity index (χ3v) is 5.32. The third kappa shape index (κ3) is 5.02. The van der Waals surface area contributed by atoms with Gasteiger partial charge < -0.3 is 4.74 Å². The molecule has 1 N–H and O–H groups in total. The van der Waals surface area contributed by atoms with E-state index in [0.29, 0.717) is 11.5 Å². The molecule has 0 radical (unpaired) electrons. The van der Waals surface area contributed by atoms with E-state index in [-0.39, 0.29) is 5.56 Å². The van der Waals surface area contributed by atoms with Crippen molar-refractivity contribution in [3.05, 3.63) is 65.0 Å². The van der Waals surface area contributed by atoms with E-state index >= 15 is 0 Å². The number of alkyl halides is 3. The monoisotopic (exact) mass is 398 g/mol. The fourth-order valence-electron chi connectivity index (χ4n) is 3.74. The average molecular weight is 398 g/mol. The Kier molecular flexibility index (Phi) is 6.25. The van der Waals surface area contributed by atoms with Gasteiger partial charge in [-0.05, 0) is 53.5 Å². The lowest BCUT2D eigenvalue weighted by Crippen LogP contribution is -2.18. The van der Waals surface area contributed by atoms with E-state index in [0.717, 1.165) is 30.9 Å². The fourth-order valence-corrected chi connectivity index (χ4v) is 3.74. The van der Waals surface area contributed by atoms with E-state index in [2.05, 4.69) is 16.5 Å². The van der Waals surface area contributed by atoms with Gasteiger partial charge in [0.15, 0.2) is 11.6 Å². The maximum Gasteiger partial charge on any atom is 0.573 e. The van der Waals surface area contributed by atoms with Gasteiger partial charge in [-0.25, -0.2) is 9.28 Å². The molecule has 0 spiro atoms. The van der Waals surface area contributed by atoms with Crippen LogP contribution in [0.3, 0.4) is 0 Å². The van der Waals surface area contributed by atoms with Crippen molar-refractivity contribution in [2.45, 2.75) is 51.0 Å². The second-order valence-electron chi connectivity index (χ2n) is 7.35. The molecular formula is C21H22F4O3. The Morgan fingerprint density at radius 1 is 0.964 bits per heavy atom. The van der Waals surface area contributed by atoms with Crippen molar-refractivity contribution in [3.8, 4) is 5.75 Å². The van der Waals surface area contributed by atoms with Gasteiger partial charge >= 0.3 is 6.36 Å². The Morgan fingerprint density at radius 2 is 1.57 bits per heavy atom. The Hall–Kier alpha value is -2.12. The third-order valence-electron chi connectivity index (χ3n) is 5.32. The zero-order chi connectivity index (χ0) is 20.3. The number of rotatable bonds is 5. The van der Waals surface area contributed by atoms with Crippen LogP contribution in [0.25, 0.3) is 0 Å². The summed E-state index contributed by atoms with van der Waals surface area (Å²) < 4.78 is 54.4. The highest BCUT2D eigenvalue weighted by atomic mass is 19.4. The summed E-state index contributed by atoms with van der Waals surface area (Å²) >= 11 is 0. The Bertz CT molecular complexity index is 781. The van der Waals surface area contributed by atoms with Crippen molar-refractivity contribution in [1.82, 2.24) is 0 Å². The highest BCUT2D eigenvalue weighted by Crippen LogP contribution is 2.37. The molecule has 0 saturated heterocycles. The van der Waals surface area contributed by atoms with Crippen LogP contribution >= 0.6 is 0 Å². The van der Waals surface area contributed by atoms with Crippen molar-refractivity contribution in [2.24, 2.45) is 5.92 Å². The first-order chi connectivity index (χ1) is 13.3. The van der Waals surface area contributed by atoms with Crippen molar-refractivity contribution in [2.75, 3.05) is 0 Å². The molecule has 0 heterocycles. The molecule has 1 atom stereocenters. The van der Waals surface area contributed by atoms with Crippen LogP contribution in [0.5, 0.6) is 5.75 Å². The molecule has 1 aliphatic carbocycles. The first-order valence-electron chi connectivity index (χ1n) is 9.22. The topological polar surface area (TPSA) is 38.7 Å². The Morgan fingerprint density at radius 3 is 2.11 bits per heavy atom. The van der Waals surface area contributed by atoms with Crippen LogP contribution in [0.1, 0.15) is 61.3 Å². The molecule has 0 amide bonds. The fraction of sp³-hybridized carbons (Fsp3) is 0.429. The molecule has 2 aromatic rings. The van der Waals surface area contributed by atoms with Crippen molar-refractivity contribution in [3.63, 3.8) is 0 Å². The maximum atomic E-state index is 14.0. The van der Waals surface area contributed by atoms with E-state index in [1.165, 1.54) is 24.5 Å². The summed E-state index contributed by atoms with van der Waals surface area (Å²) in [5, 5.41) is 9.29. The molecule has 1 unspecified atom stereocenters. The molecule has 3 nitrogen and oxygen atoms in total.